The molecule has 0 radical (unpaired) electrons. The van der Waals surface area contributed by atoms with Gasteiger partial charge in [0.15, 0.2) is 0 Å². The van der Waals surface area contributed by atoms with Gasteiger partial charge in [0, 0.05) is 20.1 Å². The molecule has 0 spiro atoms. The average molecular weight is 249 g/mol. The van der Waals surface area contributed by atoms with E-state index in [4.69, 9.17) is 19.9 Å². The van der Waals surface area contributed by atoms with E-state index in [9.17, 15) is 0 Å². The fraction of sp³-hybridized carbons (Fsp3) is 0.429. The molecule has 0 saturated heterocycles. The molecule has 2 N–H and O–H groups in total. The number of nitrogens with two attached hydrogens (primary N) is 1. The Bertz CT molecular complexity index is 421. The number of hydrogen-bond acceptors (Lipinski definition) is 4. The number of benzene rings is 1. The lowest BCUT2D eigenvalue weighted by Gasteiger charge is -2.09. The first-order chi connectivity index (χ1) is 8.81. The van der Waals surface area contributed by atoms with E-state index in [0.29, 0.717) is 19.8 Å². The lowest BCUT2D eigenvalue weighted by atomic mass is 10.2. The molecule has 0 saturated carbocycles. The first-order valence-corrected chi connectivity index (χ1v) is 5.80. The van der Waals surface area contributed by atoms with Gasteiger partial charge in [0.05, 0.1) is 25.8 Å². The maximum absolute atomic E-state index is 5.66. The van der Waals surface area contributed by atoms with Crippen LogP contribution in [-0.2, 0) is 4.74 Å². The van der Waals surface area contributed by atoms with Gasteiger partial charge in [-0.05, 0) is 18.2 Å². The second-order valence-corrected chi connectivity index (χ2v) is 3.56. The van der Waals surface area contributed by atoms with Crippen LogP contribution in [0.1, 0.15) is 12.0 Å². The maximum Gasteiger partial charge on any atom is 0.135 e. The molecule has 0 aliphatic rings. The second kappa shape index (κ2) is 8.40. The Hall–Kier alpha value is -1.70. The van der Waals surface area contributed by atoms with Crippen molar-refractivity contribution in [1.82, 2.24) is 0 Å². The summed E-state index contributed by atoms with van der Waals surface area (Å²) in [6, 6.07) is 5.54. The zero-order valence-corrected chi connectivity index (χ0v) is 10.9. The highest BCUT2D eigenvalue weighted by atomic mass is 16.5. The smallest absolute Gasteiger partial charge is 0.135 e. The van der Waals surface area contributed by atoms with Gasteiger partial charge >= 0.3 is 0 Å². The minimum Gasteiger partial charge on any atom is -0.497 e. The van der Waals surface area contributed by atoms with Crippen LogP contribution < -0.4 is 15.2 Å². The lowest BCUT2D eigenvalue weighted by Crippen LogP contribution is -2.03. The molecule has 4 heteroatoms. The Morgan fingerprint density at radius 3 is 2.72 bits per heavy atom. The van der Waals surface area contributed by atoms with Gasteiger partial charge in [0.1, 0.15) is 11.5 Å². The van der Waals surface area contributed by atoms with Crippen LogP contribution in [0.15, 0.2) is 18.2 Å². The number of ether oxygens (including phenoxy) is 3. The van der Waals surface area contributed by atoms with Gasteiger partial charge in [-0.25, -0.2) is 0 Å². The van der Waals surface area contributed by atoms with Gasteiger partial charge in [-0.1, -0.05) is 11.8 Å². The monoisotopic (exact) mass is 249 g/mol. The largest absolute Gasteiger partial charge is 0.497 e. The molecule has 1 aromatic carbocycles. The van der Waals surface area contributed by atoms with Crippen LogP contribution in [0.2, 0.25) is 0 Å². The van der Waals surface area contributed by atoms with Crippen molar-refractivity contribution >= 4 is 0 Å². The first-order valence-electron chi connectivity index (χ1n) is 5.80. The van der Waals surface area contributed by atoms with Gasteiger partial charge in [-0.2, -0.15) is 0 Å². The molecule has 1 aromatic rings. The van der Waals surface area contributed by atoms with E-state index in [1.165, 1.54) is 0 Å². The van der Waals surface area contributed by atoms with Gasteiger partial charge in [-0.15, -0.1) is 0 Å². The van der Waals surface area contributed by atoms with Gasteiger partial charge in [0.25, 0.3) is 0 Å². The van der Waals surface area contributed by atoms with E-state index in [-0.39, 0.29) is 0 Å². The Kier molecular flexibility index (Phi) is 6.70. The van der Waals surface area contributed by atoms with E-state index in [1.54, 1.807) is 14.2 Å². The van der Waals surface area contributed by atoms with Crippen molar-refractivity contribution in [3.05, 3.63) is 23.8 Å². The molecule has 0 aliphatic heterocycles. The summed E-state index contributed by atoms with van der Waals surface area (Å²) >= 11 is 0. The molecular weight excluding hydrogens is 230 g/mol. The molecule has 0 unspecified atom stereocenters. The summed E-state index contributed by atoms with van der Waals surface area (Å²) in [6.07, 6.45) is 0.840. The highest BCUT2D eigenvalue weighted by molar-refractivity contribution is 5.50. The third kappa shape index (κ3) is 4.66. The van der Waals surface area contributed by atoms with Crippen LogP contribution in [0.4, 0.5) is 0 Å². The highest BCUT2D eigenvalue weighted by Gasteiger charge is 2.03. The molecule has 0 aromatic heterocycles. The summed E-state index contributed by atoms with van der Waals surface area (Å²) in [7, 11) is 3.29. The number of methoxy groups -OCH3 is 2. The van der Waals surface area contributed by atoms with Crippen LogP contribution in [0.5, 0.6) is 11.5 Å². The molecule has 0 heterocycles. The SMILES string of the molecule is COCCCOc1ccc(OC)cc1C#CCN. The van der Waals surface area contributed by atoms with Crippen molar-refractivity contribution in [3.63, 3.8) is 0 Å². The highest BCUT2D eigenvalue weighted by Crippen LogP contribution is 2.23. The van der Waals surface area contributed by atoms with E-state index >= 15 is 0 Å². The van der Waals surface area contributed by atoms with Crippen LogP contribution in [0.3, 0.4) is 0 Å². The average Bonchev–Trinajstić information content (AvgIpc) is 2.42. The summed E-state index contributed by atoms with van der Waals surface area (Å²) in [4.78, 5) is 0. The topological polar surface area (TPSA) is 53.7 Å². The van der Waals surface area contributed by atoms with Gasteiger partial charge in [-0.3, -0.25) is 0 Å². The quantitative estimate of drug-likeness (QED) is 0.612. The predicted octanol–water partition coefficient (Wildman–Crippen LogP) is 1.42. The van der Waals surface area contributed by atoms with Crippen molar-refractivity contribution in [2.24, 2.45) is 5.73 Å². The van der Waals surface area contributed by atoms with Crippen LogP contribution in [0.25, 0.3) is 0 Å². The summed E-state index contributed by atoms with van der Waals surface area (Å²) in [5, 5.41) is 0. The summed E-state index contributed by atoms with van der Waals surface area (Å²) in [5.41, 5.74) is 6.16. The number of hydrogen-bond donors (Lipinski definition) is 1. The van der Waals surface area contributed by atoms with E-state index < -0.39 is 0 Å². The van der Waals surface area contributed by atoms with Crippen molar-refractivity contribution in [2.45, 2.75) is 6.42 Å². The molecule has 1 rings (SSSR count). The molecule has 18 heavy (non-hydrogen) atoms. The van der Waals surface area contributed by atoms with Crippen molar-refractivity contribution in [2.75, 3.05) is 34.0 Å². The van der Waals surface area contributed by atoms with Crippen molar-refractivity contribution in [3.8, 4) is 23.3 Å². The first kappa shape index (κ1) is 14.4. The minimum absolute atomic E-state index is 0.320. The molecule has 98 valence electrons. The predicted molar refractivity (Wildman–Crippen MR) is 70.9 cm³/mol. The van der Waals surface area contributed by atoms with Gasteiger partial charge < -0.3 is 19.9 Å². The maximum atomic E-state index is 5.66. The summed E-state index contributed by atoms with van der Waals surface area (Å²) in [5.74, 6) is 7.29. The summed E-state index contributed by atoms with van der Waals surface area (Å²) < 4.78 is 15.8. The summed E-state index contributed by atoms with van der Waals surface area (Å²) in [6.45, 7) is 1.60. The Morgan fingerprint density at radius 1 is 1.22 bits per heavy atom. The van der Waals surface area contributed by atoms with Gasteiger partial charge in [0.2, 0.25) is 0 Å². The van der Waals surface area contributed by atoms with E-state index in [1.807, 2.05) is 18.2 Å². The van der Waals surface area contributed by atoms with Crippen LogP contribution in [-0.4, -0.2) is 34.0 Å². The molecule has 0 atom stereocenters. The molecule has 0 aliphatic carbocycles. The van der Waals surface area contributed by atoms with Crippen molar-refractivity contribution in [1.29, 1.82) is 0 Å². The lowest BCUT2D eigenvalue weighted by molar-refractivity contribution is 0.172. The molecule has 4 nitrogen and oxygen atoms in total. The fourth-order valence-corrected chi connectivity index (χ4v) is 1.39. The standard InChI is InChI=1S/C14H19NO3/c1-16-9-4-10-18-14-7-6-13(17-2)11-12(14)5-3-8-15/h6-7,11H,4,8-10,15H2,1-2H3. The Labute approximate surface area is 108 Å². The van der Waals surface area contributed by atoms with Crippen LogP contribution in [0, 0.1) is 11.8 Å². The zero-order valence-electron chi connectivity index (χ0n) is 10.9. The molecule has 0 fully saturated rings. The Morgan fingerprint density at radius 2 is 2.06 bits per heavy atom. The number of rotatable bonds is 6. The molecular formula is C14H19NO3. The third-order valence-electron chi connectivity index (χ3n) is 2.26. The second-order valence-electron chi connectivity index (χ2n) is 3.56. The minimum atomic E-state index is 0.320. The normalized spacial score (nSPS) is 9.50. The molecule has 0 amide bonds. The fourth-order valence-electron chi connectivity index (χ4n) is 1.39. The Balaban J connectivity index is 2.75. The third-order valence-corrected chi connectivity index (χ3v) is 2.26. The van der Waals surface area contributed by atoms with Crippen LogP contribution >= 0.6 is 0 Å². The zero-order chi connectivity index (χ0) is 13.2. The van der Waals surface area contributed by atoms with E-state index in [0.717, 1.165) is 23.5 Å². The van der Waals surface area contributed by atoms with Crippen molar-refractivity contribution < 1.29 is 14.2 Å². The van der Waals surface area contributed by atoms with E-state index in [2.05, 4.69) is 11.8 Å². The molecule has 0 bridgehead atoms.